The number of carbonyl (C=O) groups excluding carboxylic acids is 1. The van der Waals surface area contributed by atoms with Crippen LogP contribution in [0.15, 0.2) is 30.3 Å². The molecule has 17 heavy (non-hydrogen) atoms. The monoisotopic (exact) mass is 250 g/mol. The van der Waals surface area contributed by atoms with Crippen molar-refractivity contribution < 1.29 is 9.22 Å². The van der Waals surface area contributed by atoms with Crippen LogP contribution < -0.4 is 0 Å². The quantitative estimate of drug-likeness (QED) is 0.724. The minimum Gasteiger partial charge on any atom is -0.528 e. The molecule has 0 bridgehead atoms. The van der Waals surface area contributed by atoms with Crippen LogP contribution >= 0.6 is 0 Å². The Kier molecular flexibility index (Phi) is 5.42. The lowest BCUT2D eigenvalue weighted by Gasteiger charge is -2.31. The summed E-state index contributed by atoms with van der Waals surface area (Å²) in [5.74, 6) is -0.0425. The van der Waals surface area contributed by atoms with E-state index < -0.39 is 5.41 Å². The first-order chi connectivity index (χ1) is 8.21. The minimum atomic E-state index is -0.424. The molecular formula is C14H22O2Si. The van der Waals surface area contributed by atoms with Crippen molar-refractivity contribution in [2.24, 2.45) is 0 Å². The van der Waals surface area contributed by atoms with Crippen LogP contribution in [0, 0.1) is 0 Å². The Morgan fingerprint density at radius 1 is 1.18 bits per heavy atom. The van der Waals surface area contributed by atoms with Crippen LogP contribution in [-0.2, 0) is 14.6 Å². The van der Waals surface area contributed by atoms with Gasteiger partial charge in [-0.25, -0.2) is 0 Å². The molecule has 0 N–H and O–H groups in total. The van der Waals surface area contributed by atoms with E-state index in [1.165, 1.54) is 0 Å². The van der Waals surface area contributed by atoms with E-state index in [9.17, 15) is 4.79 Å². The molecule has 2 nitrogen and oxygen atoms in total. The first kappa shape index (κ1) is 14.0. The molecule has 1 aromatic carbocycles. The standard InChI is InChI=1S/C14H22O2Si/c1-3-10-14(11-4-2,13(15)16-17)12-8-6-5-7-9-12/h5-9H,3-4,10-11H2,1-2,17H3. The minimum absolute atomic E-state index is 0.0425. The van der Waals surface area contributed by atoms with Gasteiger partial charge in [0.15, 0.2) is 0 Å². The average molecular weight is 250 g/mol. The van der Waals surface area contributed by atoms with E-state index in [-0.39, 0.29) is 5.97 Å². The van der Waals surface area contributed by atoms with Gasteiger partial charge in [-0.2, -0.15) is 0 Å². The molecule has 0 fully saturated rings. The van der Waals surface area contributed by atoms with E-state index in [1.54, 1.807) is 0 Å². The topological polar surface area (TPSA) is 26.3 Å². The lowest BCUT2D eigenvalue weighted by molar-refractivity contribution is -0.141. The van der Waals surface area contributed by atoms with E-state index in [2.05, 4.69) is 13.8 Å². The molecule has 0 radical (unpaired) electrons. The van der Waals surface area contributed by atoms with Gasteiger partial charge >= 0.3 is 5.97 Å². The van der Waals surface area contributed by atoms with Crippen molar-refractivity contribution in [1.82, 2.24) is 0 Å². The SMILES string of the molecule is CCCC(CCC)(C(=O)O[SiH3])c1ccccc1. The highest BCUT2D eigenvalue weighted by atomic mass is 28.2. The van der Waals surface area contributed by atoms with Gasteiger partial charge in [-0.05, 0) is 18.4 Å². The number of carbonyl (C=O) groups is 1. The van der Waals surface area contributed by atoms with Gasteiger partial charge in [-0.1, -0.05) is 57.0 Å². The molecule has 0 unspecified atom stereocenters. The summed E-state index contributed by atoms with van der Waals surface area (Å²) in [5.41, 5.74) is 0.677. The highest BCUT2D eigenvalue weighted by molar-refractivity contribution is 6.07. The van der Waals surface area contributed by atoms with Crippen molar-refractivity contribution in [3.63, 3.8) is 0 Å². The summed E-state index contributed by atoms with van der Waals surface area (Å²) in [4.78, 5) is 12.2. The fraction of sp³-hybridized carbons (Fsp3) is 0.500. The second-order valence-corrected chi connectivity index (χ2v) is 4.85. The molecule has 0 aliphatic heterocycles. The molecule has 0 spiro atoms. The molecular weight excluding hydrogens is 228 g/mol. The van der Waals surface area contributed by atoms with Crippen LogP contribution in [0.2, 0.25) is 0 Å². The first-order valence-electron chi connectivity index (χ1n) is 6.35. The van der Waals surface area contributed by atoms with Crippen molar-refractivity contribution in [3.05, 3.63) is 35.9 Å². The van der Waals surface area contributed by atoms with Crippen LogP contribution in [0.3, 0.4) is 0 Å². The number of benzene rings is 1. The predicted molar refractivity (Wildman–Crippen MR) is 74.0 cm³/mol. The highest BCUT2D eigenvalue weighted by Gasteiger charge is 2.38. The smallest absolute Gasteiger partial charge is 0.302 e. The Hall–Kier alpha value is -1.09. The van der Waals surface area contributed by atoms with Gasteiger partial charge in [0.2, 0.25) is 10.5 Å². The van der Waals surface area contributed by atoms with Crippen molar-refractivity contribution in [2.75, 3.05) is 0 Å². The molecule has 0 saturated carbocycles. The van der Waals surface area contributed by atoms with E-state index in [1.807, 2.05) is 30.3 Å². The Morgan fingerprint density at radius 3 is 2.12 bits per heavy atom. The van der Waals surface area contributed by atoms with Gasteiger partial charge in [0, 0.05) is 0 Å². The largest absolute Gasteiger partial charge is 0.528 e. The van der Waals surface area contributed by atoms with Crippen molar-refractivity contribution in [3.8, 4) is 0 Å². The molecule has 94 valence electrons. The molecule has 0 aliphatic rings. The summed E-state index contributed by atoms with van der Waals surface area (Å²) in [6.45, 7) is 4.24. The van der Waals surface area contributed by atoms with E-state index in [0.717, 1.165) is 31.2 Å². The molecule has 0 heterocycles. The third-order valence-corrected chi connectivity index (χ3v) is 3.63. The first-order valence-corrected chi connectivity index (χ1v) is 7.16. The van der Waals surface area contributed by atoms with Crippen molar-refractivity contribution >= 4 is 16.5 Å². The lowest BCUT2D eigenvalue weighted by atomic mass is 9.73. The molecule has 0 aromatic heterocycles. The second kappa shape index (κ2) is 6.60. The van der Waals surface area contributed by atoms with Gasteiger partial charge in [0.05, 0.1) is 5.41 Å². The average Bonchev–Trinajstić information content (AvgIpc) is 2.38. The number of hydrogen-bond acceptors (Lipinski definition) is 2. The maximum Gasteiger partial charge on any atom is 0.302 e. The summed E-state index contributed by atoms with van der Waals surface area (Å²) >= 11 is 0. The summed E-state index contributed by atoms with van der Waals surface area (Å²) in [7, 11) is 0.469. The van der Waals surface area contributed by atoms with E-state index >= 15 is 0 Å². The Bertz CT molecular complexity index is 342. The van der Waals surface area contributed by atoms with Gasteiger partial charge in [0.1, 0.15) is 0 Å². The second-order valence-electron chi connectivity index (χ2n) is 4.44. The van der Waals surface area contributed by atoms with Crippen molar-refractivity contribution in [2.45, 2.75) is 44.9 Å². The Balaban J connectivity index is 3.19. The molecule has 0 amide bonds. The molecule has 0 aliphatic carbocycles. The van der Waals surface area contributed by atoms with Crippen LogP contribution in [0.4, 0.5) is 0 Å². The molecule has 3 heteroatoms. The summed E-state index contributed by atoms with van der Waals surface area (Å²) in [5, 5.41) is 0. The van der Waals surface area contributed by atoms with Gasteiger partial charge < -0.3 is 4.43 Å². The maximum atomic E-state index is 12.2. The fourth-order valence-electron chi connectivity index (χ4n) is 2.54. The van der Waals surface area contributed by atoms with Gasteiger partial charge in [-0.3, -0.25) is 4.79 Å². The van der Waals surface area contributed by atoms with Gasteiger partial charge in [-0.15, -0.1) is 0 Å². The third kappa shape index (κ3) is 2.97. The van der Waals surface area contributed by atoms with Crippen LogP contribution in [-0.4, -0.2) is 16.5 Å². The molecule has 1 rings (SSSR count). The maximum absolute atomic E-state index is 12.2. The normalized spacial score (nSPS) is 11.4. The molecule has 0 saturated heterocycles. The van der Waals surface area contributed by atoms with Crippen LogP contribution in [0.5, 0.6) is 0 Å². The number of hydrogen-bond donors (Lipinski definition) is 0. The molecule has 1 aromatic rings. The summed E-state index contributed by atoms with van der Waals surface area (Å²) in [6.07, 6.45) is 3.72. The van der Waals surface area contributed by atoms with Gasteiger partial charge in [0.25, 0.3) is 0 Å². The van der Waals surface area contributed by atoms with E-state index in [4.69, 9.17) is 4.43 Å². The zero-order valence-corrected chi connectivity index (χ0v) is 13.0. The lowest BCUT2D eigenvalue weighted by Crippen LogP contribution is -2.37. The Labute approximate surface area is 107 Å². The molecule has 0 atom stereocenters. The highest BCUT2D eigenvalue weighted by Crippen LogP contribution is 2.35. The van der Waals surface area contributed by atoms with Crippen LogP contribution in [0.25, 0.3) is 0 Å². The zero-order valence-electron chi connectivity index (χ0n) is 11.0. The van der Waals surface area contributed by atoms with E-state index in [0.29, 0.717) is 10.5 Å². The zero-order chi connectivity index (χ0) is 12.7. The fourth-order valence-corrected chi connectivity index (χ4v) is 2.93. The summed E-state index contributed by atoms with van der Waals surface area (Å²) in [6, 6.07) is 10.1. The third-order valence-electron chi connectivity index (χ3n) is 3.26. The van der Waals surface area contributed by atoms with Crippen molar-refractivity contribution in [1.29, 1.82) is 0 Å². The Morgan fingerprint density at radius 2 is 1.71 bits per heavy atom. The number of rotatable bonds is 6. The van der Waals surface area contributed by atoms with Crippen LogP contribution in [0.1, 0.15) is 45.1 Å². The predicted octanol–water partition coefficient (Wildman–Crippen LogP) is 2.35. The summed E-state index contributed by atoms with van der Waals surface area (Å²) < 4.78 is 5.18.